The molecule has 0 fully saturated rings. The summed E-state index contributed by atoms with van der Waals surface area (Å²) in [6.45, 7) is 10.9. The first-order valence-electron chi connectivity index (χ1n) is 11.5. The standard InChI is InChI=1S/C26H32N4O5/c1-15(2)35-22-12-11-21(13-17(22)4)27-24-28-25(33)30(19(6)18(5)23(31)32)26(34)29(24)14-20-9-7-16(3)8-10-20/h7-13,15,18-19H,14H2,1-6H3,(H,31,32)(H,27,28,33)/t18-,19+/m1/s1. The van der Waals surface area contributed by atoms with Crippen molar-refractivity contribution >= 4 is 11.7 Å². The molecule has 0 bridgehead atoms. The van der Waals surface area contributed by atoms with Crippen molar-refractivity contribution in [1.29, 1.82) is 0 Å². The Hall–Kier alpha value is -3.88. The van der Waals surface area contributed by atoms with Crippen molar-refractivity contribution in [2.45, 2.75) is 60.2 Å². The molecule has 1 heterocycles. The third-order valence-electron chi connectivity index (χ3n) is 5.87. The predicted molar refractivity (Wildman–Crippen MR) is 133 cm³/mol. The molecule has 2 N–H and O–H groups in total. The molecular weight excluding hydrogens is 448 g/mol. The van der Waals surface area contributed by atoms with Gasteiger partial charge in [0.2, 0.25) is 5.62 Å². The molecule has 0 unspecified atom stereocenters. The molecule has 3 rings (SSSR count). The number of aromatic nitrogens is 3. The highest BCUT2D eigenvalue weighted by Crippen LogP contribution is 2.24. The fourth-order valence-electron chi connectivity index (χ4n) is 3.64. The molecule has 0 aliphatic carbocycles. The Morgan fingerprint density at radius 3 is 2.29 bits per heavy atom. The summed E-state index contributed by atoms with van der Waals surface area (Å²) in [5.74, 6) is -1.31. The lowest BCUT2D eigenvalue weighted by atomic mass is 10.0. The van der Waals surface area contributed by atoms with Gasteiger partial charge in [0.05, 0.1) is 30.3 Å². The molecule has 0 amide bonds. The van der Waals surface area contributed by atoms with Crippen LogP contribution in [-0.2, 0) is 11.3 Å². The molecule has 2 atom stereocenters. The molecule has 2 aromatic carbocycles. The van der Waals surface area contributed by atoms with Gasteiger partial charge in [0, 0.05) is 0 Å². The highest BCUT2D eigenvalue weighted by molar-refractivity contribution is 5.70. The van der Waals surface area contributed by atoms with Gasteiger partial charge in [0.25, 0.3) is 0 Å². The molecule has 0 saturated carbocycles. The molecule has 9 nitrogen and oxygen atoms in total. The number of aryl methyl sites for hydroxylation is 2. The number of carbonyl (C=O) groups is 1. The maximum absolute atomic E-state index is 13.5. The van der Waals surface area contributed by atoms with Gasteiger partial charge in [-0.25, -0.2) is 19.1 Å². The van der Waals surface area contributed by atoms with Gasteiger partial charge in [0.1, 0.15) is 5.75 Å². The minimum absolute atomic E-state index is 0.0206. The topological polar surface area (TPSA) is 119 Å². The third kappa shape index (κ3) is 5.98. The maximum atomic E-state index is 13.5. The Kier molecular flexibility index (Phi) is 7.78. The predicted octanol–water partition coefficient (Wildman–Crippen LogP) is 3.30. The molecule has 9 heteroatoms. The molecule has 1 aromatic heterocycles. The first-order valence-corrected chi connectivity index (χ1v) is 11.5. The molecule has 35 heavy (non-hydrogen) atoms. The molecule has 0 aliphatic heterocycles. The Labute approximate surface area is 203 Å². The highest BCUT2D eigenvalue weighted by atomic mass is 16.5. The largest absolute Gasteiger partial charge is 0.491 e. The van der Waals surface area contributed by atoms with E-state index in [-0.39, 0.29) is 18.3 Å². The maximum Gasteiger partial charge on any atom is 0.335 e. The van der Waals surface area contributed by atoms with Crippen molar-refractivity contribution < 1.29 is 14.6 Å². The first-order chi connectivity index (χ1) is 16.5. The van der Waals surface area contributed by atoms with Gasteiger partial charge in [-0.15, -0.1) is 0 Å². The smallest absolute Gasteiger partial charge is 0.335 e. The SMILES string of the molecule is Cc1ccc(Cn2c(=O)n([C@@H](C)[C@@H](C)C(=O)O)c(=O)[nH]/c2=N\c2ccc(OC(C)C)c(C)c2)cc1. The van der Waals surface area contributed by atoms with Crippen LogP contribution in [-0.4, -0.2) is 31.3 Å². The number of aliphatic carboxylic acids is 1. The number of rotatable bonds is 8. The van der Waals surface area contributed by atoms with Gasteiger partial charge in [-0.3, -0.25) is 14.3 Å². The summed E-state index contributed by atoms with van der Waals surface area (Å²) in [5.41, 5.74) is 2.04. The van der Waals surface area contributed by atoms with E-state index in [9.17, 15) is 19.5 Å². The summed E-state index contributed by atoms with van der Waals surface area (Å²) in [7, 11) is 0. The van der Waals surface area contributed by atoms with Gasteiger partial charge in [-0.1, -0.05) is 29.8 Å². The zero-order valence-electron chi connectivity index (χ0n) is 20.9. The Morgan fingerprint density at radius 1 is 1.06 bits per heavy atom. The zero-order valence-corrected chi connectivity index (χ0v) is 20.9. The van der Waals surface area contributed by atoms with Gasteiger partial charge in [0.15, 0.2) is 0 Å². The number of carboxylic acids is 1. The summed E-state index contributed by atoms with van der Waals surface area (Å²) in [6, 6.07) is 12.2. The molecule has 0 radical (unpaired) electrons. The number of benzene rings is 2. The number of nitrogens with one attached hydrogen (secondary N) is 1. The van der Waals surface area contributed by atoms with Gasteiger partial charge in [-0.2, -0.15) is 0 Å². The fourth-order valence-corrected chi connectivity index (χ4v) is 3.64. The van der Waals surface area contributed by atoms with E-state index in [0.29, 0.717) is 5.69 Å². The molecule has 0 aliphatic rings. The van der Waals surface area contributed by atoms with E-state index in [0.717, 1.165) is 27.0 Å². The summed E-state index contributed by atoms with van der Waals surface area (Å²) in [5, 5.41) is 9.42. The van der Waals surface area contributed by atoms with E-state index in [1.807, 2.05) is 58.0 Å². The number of hydrogen-bond donors (Lipinski definition) is 2. The lowest BCUT2D eigenvalue weighted by Gasteiger charge is -2.19. The second-order valence-corrected chi connectivity index (χ2v) is 9.07. The Bertz CT molecular complexity index is 1400. The lowest BCUT2D eigenvalue weighted by Crippen LogP contribution is -2.52. The van der Waals surface area contributed by atoms with Crippen molar-refractivity contribution in [2.24, 2.45) is 10.9 Å². The van der Waals surface area contributed by atoms with Crippen molar-refractivity contribution in [3.8, 4) is 5.75 Å². The average Bonchev–Trinajstić information content (AvgIpc) is 2.78. The average molecular weight is 481 g/mol. The number of carboxylic acid groups (broad SMARTS) is 1. The molecule has 3 aromatic rings. The number of nitrogens with zero attached hydrogens (tertiary/aromatic N) is 3. The second-order valence-electron chi connectivity index (χ2n) is 9.07. The van der Waals surface area contributed by atoms with Gasteiger partial charge >= 0.3 is 17.3 Å². The fraction of sp³-hybridized carbons (Fsp3) is 0.385. The van der Waals surface area contributed by atoms with Gasteiger partial charge in [-0.05, 0) is 70.9 Å². The Morgan fingerprint density at radius 2 is 1.71 bits per heavy atom. The number of hydrogen-bond acceptors (Lipinski definition) is 5. The molecule has 0 spiro atoms. The summed E-state index contributed by atoms with van der Waals surface area (Å²) in [6.07, 6.45) is 0.0206. The molecule has 0 saturated heterocycles. The van der Waals surface area contributed by atoms with E-state index < -0.39 is 29.3 Å². The van der Waals surface area contributed by atoms with Crippen LogP contribution in [0.5, 0.6) is 5.75 Å². The number of H-pyrrole nitrogens is 1. The summed E-state index contributed by atoms with van der Waals surface area (Å²) in [4.78, 5) is 45.2. The highest BCUT2D eigenvalue weighted by Gasteiger charge is 2.25. The van der Waals surface area contributed by atoms with E-state index in [4.69, 9.17) is 4.74 Å². The van der Waals surface area contributed by atoms with Crippen LogP contribution in [0.25, 0.3) is 0 Å². The van der Waals surface area contributed by atoms with Crippen LogP contribution >= 0.6 is 0 Å². The van der Waals surface area contributed by atoms with Crippen molar-refractivity contribution in [2.75, 3.05) is 0 Å². The van der Waals surface area contributed by atoms with Crippen molar-refractivity contribution in [3.63, 3.8) is 0 Å². The number of ether oxygens (including phenoxy) is 1. The summed E-state index contributed by atoms with van der Waals surface area (Å²) < 4.78 is 8.07. The van der Waals surface area contributed by atoms with Crippen LogP contribution in [0.4, 0.5) is 5.69 Å². The lowest BCUT2D eigenvalue weighted by molar-refractivity contribution is -0.142. The van der Waals surface area contributed by atoms with E-state index in [1.165, 1.54) is 11.5 Å². The van der Waals surface area contributed by atoms with Crippen molar-refractivity contribution in [3.05, 3.63) is 85.7 Å². The minimum atomic E-state index is -1.10. The van der Waals surface area contributed by atoms with Crippen LogP contribution < -0.4 is 21.7 Å². The van der Waals surface area contributed by atoms with Crippen LogP contribution in [0.2, 0.25) is 0 Å². The van der Waals surface area contributed by atoms with E-state index in [2.05, 4.69) is 9.98 Å². The van der Waals surface area contributed by atoms with Crippen molar-refractivity contribution in [1.82, 2.24) is 14.1 Å². The second kappa shape index (κ2) is 10.6. The summed E-state index contributed by atoms with van der Waals surface area (Å²) >= 11 is 0. The third-order valence-corrected chi connectivity index (χ3v) is 5.87. The van der Waals surface area contributed by atoms with Crippen LogP contribution in [0, 0.1) is 19.8 Å². The van der Waals surface area contributed by atoms with E-state index in [1.54, 1.807) is 19.1 Å². The molecular formula is C26H32N4O5. The monoisotopic (exact) mass is 480 g/mol. The first kappa shape index (κ1) is 25.7. The number of aromatic amines is 1. The quantitative estimate of drug-likeness (QED) is 0.513. The Balaban J connectivity index is 2.21. The normalized spacial score (nSPS) is 13.6. The minimum Gasteiger partial charge on any atom is -0.491 e. The van der Waals surface area contributed by atoms with Crippen LogP contribution in [0.15, 0.2) is 57.0 Å². The van der Waals surface area contributed by atoms with E-state index >= 15 is 0 Å². The molecule has 186 valence electrons. The zero-order chi connectivity index (χ0) is 25.9. The van der Waals surface area contributed by atoms with Crippen LogP contribution in [0.3, 0.4) is 0 Å². The van der Waals surface area contributed by atoms with Crippen LogP contribution in [0.1, 0.15) is 50.4 Å². The van der Waals surface area contributed by atoms with Gasteiger partial charge < -0.3 is 9.84 Å².